The summed E-state index contributed by atoms with van der Waals surface area (Å²) >= 11 is 0. The van der Waals surface area contributed by atoms with Gasteiger partial charge in [-0.1, -0.05) is 140 Å². The molecule has 0 atom stereocenters. The molecule has 0 saturated heterocycles. The van der Waals surface area contributed by atoms with Crippen molar-refractivity contribution in [2.24, 2.45) is 0 Å². The van der Waals surface area contributed by atoms with Crippen molar-refractivity contribution in [1.29, 1.82) is 0 Å². The smallest absolute Gasteiger partial charge is 0.240 e. The molecular weight excluding hydrogens is 1530 g/mol. The molecule has 21 aromatic rings. The van der Waals surface area contributed by atoms with Crippen LogP contribution < -0.4 is 49.8 Å². The zero-order valence-electron chi connectivity index (χ0n) is 69.7. The summed E-state index contributed by atoms with van der Waals surface area (Å²) in [4.78, 5) is 33.4. The Balaban J connectivity index is 0.000000113. The summed E-state index contributed by atoms with van der Waals surface area (Å²) in [5.74, 6) is -0.336. The Hall–Kier alpha value is -16.2. The lowest BCUT2D eigenvalue weighted by Crippen LogP contribution is -2.33. The van der Waals surface area contributed by atoms with E-state index in [9.17, 15) is 9.18 Å². The quantitative estimate of drug-likeness (QED) is 0.0405. The van der Waals surface area contributed by atoms with Gasteiger partial charge in [0.1, 0.15) is 50.0 Å². The molecule has 16 heteroatoms. The Kier molecular flexibility index (Phi) is 22.3. The van der Waals surface area contributed by atoms with Gasteiger partial charge in [-0.2, -0.15) is 0 Å². The zero-order valence-corrected chi connectivity index (χ0v) is 69.7. The average molecular weight is 1620 g/mol. The summed E-state index contributed by atoms with van der Waals surface area (Å²) in [5.41, 5.74) is 34.9. The summed E-state index contributed by atoms with van der Waals surface area (Å²) < 4.78 is 22.6. The first-order valence-electron chi connectivity index (χ1n) is 41.3. The lowest BCUT2D eigenvalue weighted by Gasteiger charge is -2.13. The highest BCUT2D eigenvalue weighted by atomic mass is 19.1. The van der Waals surface area contributed by atoms with E-state index in [0.717, 1.165) is 179 Å². The molecule has 600 valence electrons. The first-order valence-corrected chi connectivity index (χ1v) is 41.3. The number of carbonyl (C=O) groups excluding carboxylic acids is 1. The van der Waals surface area contributed by atoms with Crippen molar-refractivity contribution in [3.05, 3.63) is 410 Å². The van der Waals surface area contributed by atoms with Crippen molar-refractivity contribution in [2.45, 2.75) is 34.6 Å². The minimum Gasteiger partial charge on any atom is -0.378 e. The highest BCUT2D eigenvalue weighted by Gasteiger charge is 2.27. The fraction of sp³-hybridized carbons (Fsp3) is 0.0648. The fourth-order valence-electron chi connectivity index (χ4n) is 15.8. The zero-order chi connectivity index (χ0) is 84.7. The highest BCUT2D eigenvalue weighted by Crippen LogP contribution is 2.35. The predicted octanol–water partition coefficient (Wildman–Crippen LogP) is 24.2. The van der Waals surface area contributed by atoms with Gasteiger partial charge in [-0.3, -0.25) is 4.79 Å². The van der Waals surface area contributed by atoms with Crippen molar-refractivity contribution in [1.82, 2.24) is 19.9 Å². The van der Waals surface area contributed by atoms with Crippen molar-refractivity contribution in [3.63, 3.8) is 0 Å². The van der Waals surface area contributed by atoms with Crippen LogP contribution in [0.15, 0.2) is 382 Å². The Morgan fingerprint density at radius 2 is 0.565 bits per heavy atom. The largest absolute Gasteiger partial charge is 0.378 e. The lowest BCUT2D eigenvalue weighted by molar-refractivity contribution is -0.538. The van der Waals surface area contributed by atoms with Gasteiger partial charge in [0.2, 0.25) is 72.8 Å². The number of amides is 1. The molecule has 17 aromatic carbocycles. The molecule has 0 aliphatic carbocycles. The molecule has 0 aliphatic heterocycles. The number of benzene rings is 17. The molecule has 0 unspecified atom stereocenters. The maximum atomic E-state index is 13.6. The Bertz CT molecular complexity index is 7540. The van der Waals surface area contributed by atoms with Crippen LogP contribution in [0.3, 0.4) is 0 Å². The number of aromatic nitrogens is 8. The number of nitrogens with zero attached hydrogens (tertiary/aromatic N) is 9. The Morgan fingerprint density at radius 1 is 0.274 bits per heavy atom. The number of hydrogen-bond donors (Lipinski definition) is 5. The van der Waals surface area contributed by atoms with E-state index >= 15 is 0 Å². The van der Waals surface area contributed by atoms with Gasteiger partial charge in [-0.25, -0.2) is 24.3 Å². The molecule has 4 heterocycles. The number of nitrogens with one attached hydrogen (secondary N) is 5. The van der Waals surface area contributed by atoms with E-state index in [4.69, 9.17) is 19.9 Å². The minimum atomic E-state index is -0.250. The molecule has 0 spiro atoms. The van der Waals surface area contributed by atoms with Gasteiger partial charge in [-0.15, -0.1) is 18.3 Å². The number of carbonyl (C=O) groups is 1. The third-order valence-corrected chi connectivity index (χ3v) is 21.7. The molecule has 0 bridgehead atoms. The van der Waals surface area contributed by atoms with Gasteiger partial charge in [0.05, 0.1) is 5.69 Å². The van der Waals surface area contributed by atoms with Crippen molar-refractivity contribution in [3.8, 4) is 22.7 Å². The van der Waals surface area contributed by atoms with Gasteiger partial charge in [0, 0.05) is 180 Å². The maximum Gasteiger partial charge on any atom is 0.240 e. The van der Waals surface area contributed by atoms with Crippen molar-refractivity contribution >= 4 is 162 Å². The monoisotopic (exact) mass is 1620 g/mol. The molecule has 124 heavy (non-hydrogen) atoms. The second-order valence-electron chi connectivity index (χ2n) is 31.1. The van der Waals surface area contributed by atoms with Gasteiger partial charge in [0.25, 0.3) is 0 Å². The fourth-order valence-corrected chi connectivity index (χ4v) is 15.8. The summed E-state index contributed by atoms with van der Waals surface area (Å²) in [7, 11) is 4.12. The molecule has 21 rings (SSSR count). The van der Waals surface area contributed by atoms with Crippen LogP contribution in [0.4, 0.5) is 61.3 Å². The van der Waals surface area contributed by atoms with E-state index in [1.54, 1.807) is 12.1 Å². The average Bonchev–Trinajstić information content (AvgIpc) is 0.644. The third kappa shape index (κ3) is 17.2. The number of rotatable bonds is 14. The van der Waals surface area contributed by atoms with E-state index in [0.29, 0.717) is 0 Å². The van der Waals surface area contributed by atoms with Gasteiger partial charge in [-0.05, 0) is 196 Å². The van der Waals surface area contributed by atoms with Gasteiger partial charge < -0.3 is 31.5 Å². The first kappa shape index (κ1) is 78.9. The Labute approximate surface area is 718 Å². The number of aryl methyl sites for hydroxylation is 4. The summed E-state index contributed by atoms with van der Waals surface area (Å²) in [6.45, 7) is 9.90. The maximum absolute atomic E-state index is 13.6. The molecule has 0 fully saturated rings. The Morgan fingerprint density at radius 3 is 0.935 bits per heavy atom. The normalized spacial score (nSPS) is 11.1. The second-order valence-corrected chi connectivity index (χ2v) is 31.1. The predicted molar refractivity (Wildman–Crippen MR) is 507 cm³/mol. The molecule has 0 saturated carbocycles. The molecule has 5 N–H and O–H groups in total. The molecular formula is C108H89FN14O+4. The van der Waals surface area contributed by atoms with Gasteiger partial charge in [0.15, 0.2) is 0 Å². The van der Waals surface area contributed by atoms with Gasteiger partial charge >= 0.3 is 0 Å². The lowest BCUT2D eigenvalue weighted by atomic mass is 10.0. The first-order chi connectivity index (χ1) is 60.6. The number of fused-ring (bicyclic) bond motifs is 10. The highest BCUT2D eigenvalue weighted by molar-refractivity contribution is 6.11. The van der Waals surface area contributed by atoms with E-state index in [1.807, 2.05) is 152 Å². The number of halogens is 1. The van der Waals surface area contributed by atoms with Crippen LogP contribution in [0.25, 0.3) is 122 Å². The SMILES string of the molecule is CC(=O)Nc1ccc(-[n+]2c3cc(C)ccc3nc3ccc(Nc4ccccc4)cc32)cc1.Cc1ccc2nc3c4ccccc4c(Nc4ccccc4)cc3[n+](-c3ccccc3)c2c1.Cc1ccc2nc3ccc(Nc4ccccc4)cc3[n+](-c3ccc(F)cc3)c2c1.Cc1ccc2nc3ccc(Nc4ccccc4)cc3[n+](-c3ccc(N(C)C)cc3)c2c1. The van der Waals surface area contributed by atoms with Crippen molar-refractivity contribution in [2.75, 3.05) is 45.6 Å². The van der Waals surface area contributed by atoms with Crippen LogP contribution in [0.5, 0.6) is 0 Å². The van der Waals surface area contributed by atoms with Crippen LogP contribution >= 0.6 is 0 Å². The van der Waals surface area contributed by atoms with Crippen LogP contribution in [0.2, 0.25) is 0 Å². The van der Waals surface area contributed by atoms with E-state index in [2.05, 4.69) is 298 Å². The molecule has 4 aromatic heterocycles. The molecule has 15 nitrogen and oxygen atoms in total. The summed E-state index contributed by atoms with van der Waals surface area (Å²) in [5, 5.41) is 19.2. The number of anilines is 10. The van der Waals surface area contributed by atoms with E-state index in [1.165, 1.54) is 41.4 Å². The third-order valence-electron chi connectivity index (χ3n) is 21.7. The molecule has 0 radical (unpaired) electrons. The standard InChI is InChI=1S/C29H21N3.C27H22N4O.C27H24N4.C25H18FN3/c1-20-16-17-25-27(18-20)32(22-12-6-3-7-13-22)28-19-26(30-21-10-4-2-5-11-21)23-14-8-9-15-24(23)29(28)31-25;1-18-8-14-24-26(16-18)31(23-12-9-21(10-13-23)28-19(2)32)27-17-22(11-15-25(27)30-24)29-20-6-4-3-5-7-20;1-19-9-15-24-26(17-19)31(23-13-11-22(12-14-23)30(2)3)27-18-21(10-16-25(27)29-24)28-20-7-5-4-6-8-20;1-17-7-13-22-24(15-17)29(21-11-8-18(26)9-12-21)25-16-20(10-14-23(25)28-22)27-19-5-3-2-4-6-19/h2-19H,1H3;3-17H,1-2H3,(H,28,32);4-18H,1-3H3;2-16H,1H3/p+4. The second kappa shape index (κ2) is 35.0. The van der Waals surface area contributed by atoms with E-state index < -0.39 is 0 Å². The molecule has 1 amide bonds. The minimum absolute atomic E-state index is 0.0857. The topological polar surface area (TPSA) is 148 Å². The number of hydrogen-bond acceptors (Lipinski definition) is 10. The summed E-state index contributed by atoms with van der Waals surface area (Å²) in [6.07, 6.45) is 0. The van der Waals surface area contributed by atoms with Crippen LogP contribution in [-0.2, 0) is 4.79 Å². The van der Waals surface area contributed by atoms with Crippen LogP contribution in [0, 0.1) is 33.5 Å². The number of para-hydroxylation sites is 5. The van der Waals surface area contributed by atoms with Crippen LogP contribution in [0.1, 0.15) is 29.2 Å². The summed E-state index contributed by atoms with van der Waals surface area (Å²) in [6, 6.07) is 129. The van der Waals surface area contributed by atoms with Crippen molar-refractivity contribution < 1.29 is 27.5 Å². The molecule has 0 aliphatic rings. The van der Waals surface area contributed by atoms with Crippen LogP contribution in [-0.4, -0.2) is 39.9 Å². The van der Waals surface area contributed by atoms with E-state index in [-0.39, 0.29) is 11.7 Å².